The average molecular weight is 868 g/mol. The van der Waals surface area contributed by atoms with Crippen molar-refractivity contribution in [1.82, 2.24) is 20.5 Å². The molecule has 1 aromatic heterocycles. The van der Waals surface area contributed by atoms with E-state index in [1.54, 1.807) is 24.3 Å². The number of hydrogen-bond donors (Lipinski definition) is 4. The van der Waals surface area contributed by atoms with Gasteiger partial charge in [0.1, 0.15) is 12.2 Å². The minimum Gasteiger partial charge on any atom is -0.449 e. The van der Waals surface area contributed by atoms with Crippen molar-refractivity contribution in [3.63, 3.8) is 0 Å². The molecule has 6 rings (SSSR count). The highest BCUT2D eigenvalue weighted by Crippen LogP contribution is 2.34. The third-order valence-electron chi connectivity index (χ3n) is 9.80. The highest BCUT2D eigenvalue weighted by Gasteiger charge is 2.43. The number of fused-ring (bicyclic) bond motifs is 1. The molecule has 0 unspecified atom stereocenters. The summed E-state index contributed by atoms with van der Waals surface area (Å²) in [6.45, 7) is 1.79. The molecule has 1 fully saturated rings. The van der Waals surface area contributed by atoms with Crippen molar-refractivity contribution in [3.05, 3.63) is 130 Å². The summed E-state index contributed by atoms with van der Waals surface area (Å²) in [5.41, 5.74) is 1.98. The number of aromatic nitrogens is 1. The zero-order valence-corrected chi connectivity index (χ0v) is 32.6. The van der Waals surface area contributed by atoms with Crippen LogP contribution in [0.2, 0.25) is 0 Å². The summed E-state index contributed by atoms with van der Waals surface area (Å²) in [6, 6.07) is 27.3. The smallest absolute Gasteiger partial charge is 0.449 e. The number of H-pyrrole nitrogens is 1. The molecule has 1 aliphatic heterocycles. The zero-order chi connectivity index (χ0) is 44.4. The van der Waals surface area contributed by atoms with Crippen LogP contribution in [-0.4, -0.2) is 85.0 Å². The van der Waals surface area contributed by atoms with Crippen molar-refractivity contribution in [3.8, 4) is 16.9 Å². The minimum atomic E-state index is -5.40. The van der Waals surface area contributed by atoms with Crippen molar-refractivity contribution in [2.75, 3.05) is 38.0 Å². The number of alkyl halides is 6. The second-order valence-corrected chi connectivity index (χ2v) is 14.1. The Morgan fingerprint density at radius 3 is 2.16 bits per heavy atom. The van der Waals surface area contributed by atoms with E-state index in [0.29, 0.717) is 55.8 Å². The van der Waals surface area contributed by atoms with Gasteiger partial charge in [0.15, 0.2) is 5.75 Å². The molecule has 4 aromatic carbocycles. The topological polar surface area (TPSA) is 168 Å². The number of aromatic amines is 1. The van der Waals surface area contributed by atoms with Crippen molar-refractivity contribution in [2.24, 2.45) is 0 Å². The maximum Gasteiger partial charge on any atom is 0.491 e. The van der Waals surface area contributed by atoms with Gasteiger partial charge in [-0.1, -0.05) is 66.7 Å². The van der Waals surface area contributed by atoms with Crippen LogP contribution in [0.1, 0.15) is 40.4 Å². The van der Waals surface area contributed by atoms with E-state index in [1.165, 1.54) is 0 Å². The number of anilines is 1. The molecule has 2 heterocycles. The van der Waals surface area contributed by atoms with E-state index in [9.17, 15) is 50.3 Å². The molecule has 1 atom stereocenters. The Morgan fingerprint density at radius 2 is 1.47 bits per heavy atom. The first-order valence-electron chi connectivity index (χ1n) is 19.2. The van der Waals surface area contributed by atoms with E-state index in [-0.39, 0.29) is 29.5 Å². The number of halogens is 6. The Morgan fingerprint density at radius 1 is 0.790 bits per heavy atom. The maximum absolute atomic E-state index is 13.3. The van der Waals surface area contributed by atoms with Gasteiger partial charge in [-0.3, -0.25) is 14.9 Å². The van der Waals surface area contributed by atoms with Crippen molar-refractivity contribution < 1.29 is 59.7 Å². The molecule has 0 radical (unpaired) electrons. The van der Waals surface area contributed by atoms with Crippen LogP contribution < -0.4 is 26.2 Å². The zero-order valence-electron chi connectivity index (χ0n) is 32.6. The summed E-state index contributed by atoms with van der Waals surface area (Å²) >= 11 is 0. The molecule has 4 N–H and O–H groups in total. The molecule has 326 valence electrons. The molecule has 1 saturated heterocycles. The fraction of sp³-hybridized carbons (Fsp3) is 0.279. The van der Waals surface area contributed by atoms with Crippen LogP contribution in [0.4, 0.5) is 36.8 Å². The van der Waals surface area contributed by atoms with Crippen molar-refractivity contribution in [2.45, 2.75) is 43.9 Å². The number of rotatable bonds is 14. The predicted octanol–water partition coefficient (Wildman–Crippen LogP) is 7.04. The van der Waals surface area contributed by atoms with Crippen LogP contribution >= 0.6 is 0 Å². The van der Waals surface area contributed by atoms with Crippen LogP contribution in [0.15, 0.2) is 108 Å². The van der Waals surface area contributed by atoms with Gasteiger partial charge in [0.2, 0.25) is 5.56 Å². The van der Waals surface area contributed by atoms with Gasteiger partial charge in [0.05, 0.1) is 11.2 Å². The summed E-state index contributed by atoms with van der Waals surface area (Å²) in [5.74, 6) is -6.24. The van der Waals surface area contributed by atoms with Gasteiger partial charge in [-0.2, -0.15) is 26.3 Å². The standard InChI is InChI=1S/C43H39F6N5O8/c44-42(45,46)39(57)61-34-16-14-31(32-15-17-36(55)53-37(32)34)35(62-40(58)43(47,48)49)25-50-24-26-10-12-28(13-11-26)38(56)51-20-23-54-21-18-29(19-22-54)60-41(59)52-33-9-5-4-8-30(33)27-6-2-1-3-7-27/h1-17,29,35,50H,18-25H2,(H,51,56)(H,52,59)(H,53,55)/t35-/m0/s1. The molecule has 19 heteroatoms. The van der Waals surface area contributed by atoms with Crippen LogP contribution in [0, 0.1) is 0 Å². The Balaban J connectivity index is 0.974. The number of nitrogens with one attached hydrogen (secondary N) is 4. The van der Waals surface area contributed by atoms with E-state index in [4.69, 9.17) is 9.47 Å². The van der Waals surface area contributed by atoms with Gasteiger partial charge in [-0.05, 0) is 54.3 Å². The molecule has 0 saturated carbocycles. The normalized spacial score (nSPS) is 14.2. The minimum absolute atomic E-state index is 0.0142. The van der Waals surface area contributed by atoms with E-state index in [1.807, 2.05) is 54.6 Å². The number of benzene rings is 4. The number of pyridine rings is 1. The number of likely N-dealkylation sites (tertiary alicyclic amines) is 1. The number of esters is 2. The largest absolute Gasteiger partial charge is 0.491 e. The fourth-order valence-electron chi connectivity index (χ4n) is 6.74. The lowest BCUT2D eigenvalue weighted by atomic mass is 10.0. The molecule has 0 bridgehead atoms. The third-order valence-corrected chi connectivity index (χ3v) is 9.80. The quantitative estimate of drug-likeness (QED) is 0.0516. The number of piperidine rings is 1. The summed E-state index contributed by atoms with van der Waals surface area (Å²) < 4.78 is 93.4. The lowest BCUT2D eigenvalue weighted by molar-refractivity contribution is -0.205. The second-order valence-electron chi connectivity index (χ2n) is 14.1. The Kier molecular flexibility index (Phi) is 14.3. The van der Waals surface area contributed by atoms with E-state index < -0.39 is 59.9 Å². The number of para-hydroxylation sites is 1. The highest BCUT2D eigenvalue weighted by molar-refractivity contribution is 5.94. The molecule has 5 aromatic rings. The van der Waals surface area contributed by atoms with E-state index in [0.717, 1.165) is 35.4 Å². The van der Waals surface area contributed by atoms with Crippen molar-refractivity contribution in [1.29, 1.82) is 0 Å². The molecule has 13 nitrogen and oxygen atoms in total. The van der Waals surface area contributed by atoms with Gasteiger partial charge in [-0.15, -0.1) is 0 Å². The SMILES string of the molecule is O=C(Nc1ccccc1-c1ccccc1)OC1CCN(CCNC(=O)c2ccc(CNC[C@H](OC(=O)C(F)(F)F)c3ccc(OC(=O)C(F)(F)F)c4[nH]c(=O)ccc34)cc2)CC1. The number of hydrogen-bond acceptors (Lipinski definition) is 10. The number of nitrogens with zero attached hydrogens (tertiary/aromatic N) is 1. The second kappa shape index (κ2) is 19.8. The first-order chi connectivity index (χ1) is 29.5. The molecule has 0 aliphatic carbocycles. The van der Waals surface area contributed by atoms with Gasteiger partial charge in [0, 0.05) is 67.4 Å². The van der Waals surface area contributed by atoms with Crippen LogP contribution in [-0.2, 0) is 25.6 Å². The Bertz CT molecular complexity index is 2440. The Hall–Kier alpha value is -6.73. The molecular weight excluding hydrogens is 828 g/mol. The van der Waals surface area contributed by atoms with Crippen molar-refractivity contribution >= 4 is 40.5 Å². The third kappa shape index (κ3) is 12.0. The first-order valence-corrected chi connectivity index (χ1v) is 19.2. The molecule has 0 spiro atoms. The number of ether oxygens (including phenoxy) is 3. The number of carbonyl (C=O) groups excluding carboxylic acids is 4. The van der Waals surface area contributed by atoms with Crippen LogP contribution in [0.25, 0.3) is 22.0 Å². The maximum atomic E-state index is 13.3. The molecule has 62 heavy (non-hydrogen) atoms. The van der Waals surface area contributed by atoms with E-state index >= 15 is 0 Å². The highest BCUT2D eigenvalue weighted by atomic mass is 19.4. The number of carbonyl (C=O) groups is 4. The molecular formula is C43H39F6N5O8. The summed E-state index contributed by atoms with van der Waals surface area (Å²) in [5, 5.41) is 8.43. The summed E-state index contributed by atoms with van der Waals surface area (Å²) in [7, 11) is 0. The van der Waals surface area contributed by atoms with Gasteiger partial charge < -0.3 is 34.7 Å². The first kappa shape index (κ1) is 44.8. The van der Waals surface area contributed by atoms with Gasteiger partial charge >= 0.3 is 30.4 Å². The van der Waals surface area contributed by atoms with Gasteiger partial charge in [0.25, 0.3) is 5.91 Å². The predicted molar refractivity (Wildman–Crippen MR) is 213 cm³/mol. The van der Waals surface area contributed by atoms with E-state index in [2.05, 4.69) is 30.6 Å². The summed E-state index contributed by atoms with van der Waals surface area (Å²) in [4.78, 5) is 65.4. The van der Waals surface area contributed by atoms with Crippen LogP contribution in [0.5, 0.6) is 5.75 Å². The number of amides is 2. The monoisotopic (exact) mass is 867 g/mol. The Labute approximate surface area is 349 Å². The summed E-state index contributed by atoms with van der Waals surface area (Å²) in [6.07, 6.45) is -12.0. The average Bonchev–Trinajstić information content (AvgIpc) is 3.24. The van der Waals surface area contributed by atoms with Gasteiger partial charge in [-0.25, -0.2) is 14.4 Å². The molecule has 1 aliphatic rings. The lowest BCUT2D eigenvalue weighted by Gasteiger charge is -2.31. The van der Waals surface area contributed by atoms with Crippen LogP contribution in [0.3, 0.4) is 0 Å². The fourth-order valence-corrected chi connectivity index (χ4v) is 6.74. The lowest BCUT2D eigenvalue weighted by Crippen LogP contribution is -2.42. The molecule has 2 amide bonds.